The third-order valence-electron chi connectivity index (χ3n) is 4.68. The van der Waals surface area contributed by atoms with Gasteiger partial charge in [-0.3, -0.25) is 4.57 Å². The number of hydrogen-bond acceptors (Lipinski definition) is 4. The maximum absolute atomic E-state index is 5.31. The molecule has 5 nitrogen and oxygen atoms in total. The van der Waals surface area contributed by atoms with E-state index in [9.17, 15) is 0 Å². The Hall–Kier alpha value is -2.73. The van der Waals surface area contributed by atoms with E-state index in [0.717, 1.165) is 45.3 Å². The molecule has 2 aromatic heterocycles. The predicted molar refractivity (Wildman–Crippen MR) is 111 cm³/mol. The number of aromatic amines is 1. The Morgan fingerprint density at radius 3 is 2.63 bits per heavy atom. The number of para-hydroxylation sites is 1. The molecule has 0 fully saturated rings. The molecule has 0 amide bonds. The van der Waals surface area contributed by atoms with Crippen molar-refractivity contribution in [3.05, 3.63) is 54.7 Å². The number of ether oxygens (including phenoxy) is 1. The molecule has 1 atom stereocenters. The SMILES string of the molecule is CC[C@@H](C)Sc1nnc(-c2c[nH]c3ccccc23)n1-c1ccc(OC)cc1. The van der Waals surface area contributed by atoms with E-state index < -0.39 is 0 Å². The number of H-pyrrole nitrogens is 1. The Morgan fingerprint density at radius 2 is 1.89 bits per heavy atom. The Labute approximate surface area is 162 Å². The lowest BCUT2D eigenvalue weighted by atomic mass is 10.1. The second-order valence-electron chi connectivity index (χ2n) is 6.42. The summed E-state index contributed by atoms with van der Waals surface area (Å²) < 4.78 is 7.44. The largest absolute Gasteiger partial charge is 0.497 e. The van der Waals surface area contributed by atoms with Crippen LogP contribution in [-0.2, 0) is 0 Å². The number of rotatable bonds is 6. The molecule has 0 bridgehead atoms. The van der Waals surface area contributed by atoms with Crippen LogP contribution in [0.5, 0.6) is 5.75 Å². The predicted octanol–water partition coefficient (Wildman–Crippen LogP) is 5.31. The van der Waals surface area contributed by atoms with Gasteiger partial charge in [0.2, 0.25) is 0 Å². The molecule has 2 aromatic carbocycles. The average molecular weight is 379 g/mol. The second kappa shape index (κ2) is 7.48. The fourth-order valence-corrected chi connectivity index (χ4v) is 3.92. The number of nitrogens with one attached hydrogen (secondary N) is 1. The van der Waals surface area contributed by atoms with Gasteiger partial charge in [-0.05, 0) is 36.8 Å². The third-order valence-corrected chi connectivity index (χ3v) is 5.89. The molecule has 0 aliphatic carbocycles. The normalized spacial score (nSPS) is 12.4. The molecule has 138 valence electrons. The van der Waals surface area contributed by atoms with Crippen molar-refractivity contribution in [1.29, 1.82) is 0 Å². The highest BCUT2D eigenvalue weighted by Crippen LogP contribution is 2.34. The van der Waals surface area contributed by atoms with E-state index in [0.29, 0.717) is 5.25 Å². The summed E-state index contributed by atoms with van der Waals surface area (Å²) in [5.74, 6) is 1.67. The number of benzene rings is 2. The van der Waals surface area contributed by atoms with Gasteiger partial charge in [0, 0.05) is 33.6 Å². The zero-order chi connectivity index (χ0) is 18.8. The van der Waals surface area contributed by atoms with Crippen LogP contribution in [0.25, 0.3) is 28.0 Å². The topological polar surface area (TPSA) is 55.7 Å². The Bertz CT molecular complexity index is 1050. The van der Waals surface area contributed by atoms with Gasteiger partial charge in [-0.25, -0.2) is 0 Å². The Kier molecular flexibility index (Phi) is 4.90. The van der Waals surface area contributed by atoms with E-state index in [2.05, 4.69) is 45.7 Å². The molecule has 0 aliphatic heterocycles. The lowest BCUT2D eigenvalue weighted by Gasteiger charge is -2.13. The van der Waals surface area contributed by atoms with E-state index >= 15 is 0 Å². The van der Waals surface area contributed by atoms with Crippen molar-refractivity contribution in [2.24, 2.45) is 0 Å². The first kappa shape index (κ1) is 17.7. The maximum atomic E-state index is 5.31. The fourth-order valence-electron chi connectivity index (χ4n) is 3.00. The third kappa shape index (κ3) is 3.32. The molecule has 0 radical (unpaired) electrons. The molecule has 2 heterocycles. The molecule has 0 spiro atoms. The molecule has 27 heavy (non-hydrogen) atoms. The Morgan fingerprint density at radius 1 is 1.11 bits per heavy atom. The minimum atomic E-state index is 0.460. The van der Waals surface area contributed by atoms with Crippen molar-refractivity contribution in [3.8, 4) is 22.8 Å². The van der Waals surface area contributed by atoms with Crippen LogP contribution in [0, 0.1) is 0 Å². The lowest BCUT2D eigenvalue weighted by molar-refractivity contribution is 0.414. The molecule has 4 aromatic rings. The molecule has 0 unspecified atom stereocenters. The van der Waals surface area contributed by atoms with Crippen LogP contribution in [0.1, 0.15) is 20.3 Å². The smallest absolute Gasteiger partial charge is 0.196 e. The minimum Gasteiger partial charge on any atom is -0.497 e. The molecule has 6 heteroatoms. The van der Waals surface area contributed by atoms with Crippen molar-refractivity contribution >= 4 is 22.7 Å². The number of hydrogen-bond donors (Lipinski definition) is 1. The molecule has 0 saturated heterocycles. The lowest BCUT2D eigenvalue weighted by Crippen LogP contribution is -2.02. The van der Waals surface area contributed by atoms with E-state index in [1.165, 1.54) is 0 Å². The van der Waals surface area contributed by atoms with Gasteiger partial charge in [0.1, 0.15) is 5.75 Å². The van der Waals surface area contributed by atoms with Crippen LogP contribution in [-0.4, -0.2) is 32.1 Å². The first-order valence-corrected chi connectivity index (χ1v) is 9.92. The summed E-state index contributed by atoms with van der Waals surface area (Å²) in [5.41, 5.74) is 3.16. The summed E-state index contributed by atoms with van der Waals surface area (Å²) in [5, 5.41) is 11.6. The van der Waals surface area contributed by atoms with Gasteiger partial charge < -0.3 is 9.72 Å². The molecule has 1 N–H and O–H groups in total. The Balaban J connectivity index is 1.88. The van der Waals surface area contributed by atoms with E-state index in [1.54, 1.807) is 18.9 Å². The monoisotopic (exact) mass is 378 g/mol. The zero-order valence-corrected chi connectivity index (χ0v) is 16.5. The first-order chi connectivity index (χ1) is 13.2. The van der Waals surface area contributed by atoms with Gasteiger partial charge in [-0.15, -0.1) is 10.2 Å². The summed E-state index contributed by atoms with van der Waals surface area (Å²) in [7, 11) is 1.68. The highest BCUT2D eigenvalue weighted by atomic mass is 32.2. The molecule has 4 rings (SSSR count). The highest BCUT2D eigenvalue weighted by Gasteiger charge is 2.20. The number of nitrogens with zero attached hydrogens (tertiary/aromatic N) is 3. The van der Waals surface area contributed by atoms with Crippen LogP contribution in [0.3, 0.4) is 0 Å². The van der Waals surface area contributed by atoms with Crippen molar-refractivity contribution in [2.45, 2.75) is 30.7 Å². The highest BCUT2D eigenvalue weighted by molar-refractivity contribution is 7.99. The molecular weight excluding hydrogens is 356 g/mol. The van der Waals surface area contributed by atoms with Gasteiger partial charge in [0.15, 0.2) is 11.0 Å². The molecular formula is C21H22N4OS. The van der Waals surface area contributed by atoms with Crippen LogP contribution >= 0.6 is 11.8 Å². The van der Waals surface area contributed by atoms with E-state index in [-0.39, 0.29) is 0 Å². The number of aromatic nitrogens is 4. The van der Waals surface area contributed by atoms with Crippen molar-refractivity contribution < 1.29 is 4.74 Å². The zero-order valence-electron chi connectivity index (χ0n) is 15.6. The van der Waals surface area contributed by atoms with Crippen molar-refractivity contribution in [2.75, 3.05) is 7.11 Å². The standard InChI is InChI=1S/C21H22N4OS/c1-4-14(2)27-21-24-23-20(18-13-22-19-8-6-5-7-17(18)19)25(21)15-9-11-16(26-3)12-10-15/h5-14,22H,4H2,1-3H3/t14-/m1/s1. The summed E-state index contributed by atoms with van der Waals surface area (Å²) in [6.45, 7) is 4.40. The van der Waals surface area contributed by atoms with Gasteiger partial charge in [0.05, 0.1) is 7.11 Å². The van der Waals surface area contributed by atoms with E-state index in [4.69, 9.17) is 4.74 Å². The van der Waals surface area contributed by atoms with Crippen LogP contribution in [0.4, 0.5) is 0 Å². The van der Waals surface area contributed by atoms with Gasteiger partial charge >= 0.3 is 0 Å². The summed E-state index contributed by atoms with van der Waals surface area (Å²) in [4.78, 5) is 3.34. The number of methoxy groups -OCH3 is 1. The van der Waals surface area contributed by atoms with Crippen molar-refractivity contribution in [1.82, 2.24) is 19.7 Å². The summed E-state index contributed by atoms with van der Waals surface area (Å²) >= 11 is 1.75. The van der Waals surface area contributed by atoms with E-state index in [1.807, 2.05) is 42.6 Å². The van der Waals surface area contributed by atoms with Gasteiger partial charge in [-0.2, -0.15) is 0 Å². The summed E-state index contributed by atoms with van der Waals surface area (Å²) in [6, 6.07) is 16.3. The number of thioether (sulfide) groups is 1. The van der Waals surface area contributed by atoms with Gasteiger partial charge in [-0.1, -0.05) is 43.8 Å². The first-order valence-electron chi connectivity index (χ1n) is 9.04. The van der Waals surface area contributed by atoms with Crippen molar-refractivity contribution in [3.63, 3.8) is 0 Å². The minimum absolute atomic E-state index is 0.460. The maximum Gasteiger partial charge on any atom is 0.196 e. The average Bonchev–Trinajstić information content (AvgIpc) is 3.31. The fraction of sp³-hybridized carbons (Fsp3) is 0.238. The second-order valence-corrected chi connectivity index (χ2v) is 7.83. The van der Waals surface area contributed by atoms with Crippen LogP contribution in [0.2, 0.25) is 0 Å². The van der Waals surface area contributed by atoms with Crippen LogP contribution < -0.4 is 4.74 Å². The molecule has 0 aliphatic rings. The number of fused-ring (bicyclic) bond motifs is 1. The van der Waals surface area contributed by atoms with Crippen LogP contribution in [0.15, 0.2) is 59.9 Å². The molecule has 0 saturated carbocycles. The quantitative estimate of drug-likeness (QED) is 0.462. The summed E-state index contributed by atoms with van der Waals surface area (Å²) in [6.07, 6.45) is 3.08. The van der Waals surface area contributed by atoms with Gasteiger partial charge in [0.25, 0.3) is 0 Å².